The fourth-order valence-electron chi connectivity index (χ4n) is 2.81. The lowest BCUT2D eigenvalue weighted by molar-refractivity contribution is 0.467. The maximum absolute atomic E-state index is 12.3. The van der Waals surface area contributed by atoms with Crippen LogP contribution in [-0.2, 0) is 0 Å². The summed E-state index contributed by atoms with van der Waals surface area (Å²) in [5, 5.41) is 0. The van der Waals surface area contributed by atoms with Crippen LogP contribution < -0.4 is 10.3 Å². The monoisotopic (exact) mass is 380 g/mol. The zero-order chi connectivity index (χ0) is 16.5. The molecule has 1 aliphatic rings. The van der Waals surface area contributed by atoms with Gasteiger partial charge in [-0.1, -0.05) is 58.4 Å². The van der Waals surface area contributed by atoms with E-state index in [1.54, 1.807) is 0 Å². The lowest BCUT2D eigenvalue weighted by Gasteiger charge is -2.23. The Labute approximate surface area is 147 Å². The second-order valence-electron chi connectivity index (χ2n) is 5.48. The number of nitrogens with zero attached hydrogens (tertiary/aromatic N) is 1. The van der Waals surface area contributed by atoms with Gasteiger partial charge < -0.3 is 9.72 Å². The van der Waals surface area contributed by atoms with Gasteiger partial charge in [-0.2, -0.15) is 0 Å². The number of allylic oxidation sites excluding steroid dienone is 1. The third-order valence-electron chi connectivity index (χ3n) is 3.98. The first-order valence-electron chi connectivity index (χ1n) is 7.50. The number of ether oxygens (including phenoxy) is 1. The van der Waals surface area contributed by atoms with E-state index < -0.39 is 0 Å². The number of aromatic amines is 1. The Morgan fingerprint density at radius 1 is 1.04 bits per heavy atom. The number of nitrogens with one attached hydrogen (secondary N) is 1. The van der Waals surface area contributed by atoms with Gasteiger partial charge in [-0.3, -0.25) is 4.79 Å². The standard InChI is InChI=1S/C19H13BrN2O2/c20-14-8-6-13(7-9-14)16-10-15(12-4-2-1-3-5-12)17-18(23)21-11-22-19(17)24-16/h1-11,15H,(H,21,22,23). The summed E-state index contributed by atoms with van der Waals surface area (Å²) >= 11 is 3.44. The Morgan fingerprint density at radius 3 is 2.54 bits per heavy atom. The third-order valence-corrected chi connectivity index (χ3v) is 4.50. The number of aromatic nitrogens is 2. The Bertz CT molecular complexity index is 963. The van der Waals surface area contributed by atoms with Gasteiger partial charge in [0.15, 0.2) is 0 Å². The van der Waals surface area contributed by atoms with Crippen molar-refractivity contribution in [3.05, 3.63) is 98.5 Å². The molecule has 0 fully saturated rings. The normalized spacial score (nSPS) is 16.0. The van der Waals surface area contributed by atoms with Crippen molar-refractivity contribution in [2.45, 2.75) is 5.92 Å². The van der Waals surface area contributed by atoms with Crippen LogP contribution in [0.2, 0.25) is 0 Å². The molecule has 4 rings (SSSR count). The quantitative estimate of drug-likeness (QED) is 0.727. The fraction of sp³-hybridized carbons (Fsp3) is 0.0526. The van der Waals surface area contributed by atoms with Crippen LogP contribution in [0.15, 0.2) is 76.3 Å². The molecule has 3 aromatic rings. The lowest BCUT2D eigenvalue weighted by Crippen LogP contribution is -2.22. The van der Waals surface area contributed by atoms with Crippen LogP contribution in [0.4, 0.5) is 0 Å². The minimum absolute atomic E-state index is 0.181. The van der Waals surface area contributed by atoms with Gasteiger partial charge in [0.1, 0.15) is 5.76 Å². The average molecular weight is 381 g/mol. The van der Waals surface area contributed by atoms with Crippen molar-refractivity contribution in [2.75, 3.05) is 0 Å². The first-order valence-corrected chi connectivity index (χ1v) is 8.30. The van der Waals surface area contributed by atoms with E-state index in [4.69, 9.17) is 4.74 Å². The van der Waals surface area contributed by atoms with E-state index >= 15 is 0 Å². The molecular formula is C19H13BrN2O2. The van der Waals surface area contributed by atoms with E-state index in [9.17, 15) is 4.79 Å². The molecule has 24 heavy (non-hydrogen) atoms. The summed E-state index contributed by atoms with van der Waals surface area (Å²) in [5.41, 5.74) is 2.31. The van der Waals surface area contributed by atoms with Gasteiger partial charge >= 0.3 is 0 Å². The SMILES string of the molecule is O=c1[nH]cnc2c1C(c1ccccc1)C=C(c1ccc(Br)cc1)O2. The van der Waals surface area contributed by atoms with Gasteiger partial charge in [-0.05, 0) is 23.8 Å². The molecule has 1 aromatic heterocycles. The Morgan fingerprint density at radius 2 is 1.79 bits per heavy atom. The molecule has 0 amide bonds. The largest absolute Gasteiger partial charge is 0.438 e. The van der Waals surface area contributed by atoms with E-state index in [2.05, 4.69) is 25.9 Å². The molecule has 1 atom stereocenters. The molecule has 4 nitrogen and oxygen atoms in total. The summed E-state index contributed by atoms with van der Waals surface area (Å²) in [4.78, 5) is 19.2. The molecule has 2 aromatic carbocycles. The Balaban J connectivity index is 1.88. The van der Waals surface area contributed by atoms with Crippen molar-refractivity contribution in [1.29, 1.82) is 0 Å². The molecule has 5 heteroatoms. The van der Waals surface area contributed by atoms with E-state index in [0.717, 1.165) is 15.6 Å². The Hall–Kier alpha value is -2.66. The minimum Gasteiger partial charge on any atom is -0.438 e. The smallest absolute Gasteiger partial charge is 0.258 e. The molecule has 1 aliphatic heterocycles. The zero-order valence-electron chi connectivity index (χ0n) is 12.6. The molecular weight excluding hydrogens is 368 g/mol. The summed E-state index contributed by atoms with van der Waals surface area (Å²) < 4.78 is 6.90. The minimum atomic E-state index is -0.203. The van der Waals surface area contributed by atoms with Crippen molar-refractivity contribution < 1.29 is 4.74 Å². The number of H-pyrrole nitrogens is 1. The molecule has 1 unspecified atom stereocenters. The highest BCUT2D eigenvalue weighted by Gasteiger charge is 2.27. The topological polar surface area (TPSA) is 55.0 Å². The summed E-state index contributed by atoms with van der Waals surface area (Å²) in [6, 6.07) is 17.7. The van der Waals surface area contributed by atoms with Gasteiger partial charge in [0.2, 0.25) is 5.88 Å². The average Bonchev–Trinajstić information content (AvgIpc) is 2.62. The second kappa shape index (κ2) is 6.09. The van der Waals surface area contributed by atoms with E-state index in [1.807, 2.05) is 60.7 Å². The van der Waals surface area contributed by atoms with Gasteiger partial charge in [0.25, 0.3) is 5.56 Å². The maximum atomic E-state index is 12.3. The van der Waals surface area contributed by atoms with Crippen molar-refractivity contribution >= 4 is 21.7 Å². The highest BCUT2D eigenvalue weighted by molar-refractivity contribution is 9.10. The summed E-state index contributed by atoms with van der Waals surface area (Å²) in [7, 11) is 0. The van der Waals surface area contributed by atoms with Crippen molar-refractivity contribution in [3.63, 3.8) is 0 Å². The van der Waals surface area contributed by atoms with Crippen LogP contribution in [0.3, 0.4) is 0 Å². The van der Waals surface area contributed by atoms with Gasteiger partial charge in [-0.25, -0.2) is 4.98 Å². The number of rotatable bonds is 2. The predicted molar refractivity (Wildman–Crippen MR) is 95.9 cm³/mol. The molecule has 0 spiro atoms. The van der Waals surface area contributed by atoms with Crippen LogP contribution in [-0.4, -0.2) is 9.97 Å². The van der Waals surface area contributed by atoms with E-state index in [1.165, 1.54) is 6.33 Å². The number of hydrogen-bond donors (Lipinski definition) is 1. The summed E-state index contributed by atoms with van der Waals surface area (Å²) in [5.74, 6) is 0.848. The number of hydrogen-bond acceptors (Lipinski definition) is 3. The summed E-state index contributed by atoms with van der Waals surface area (Å²) in [6.07, 6.45) is 3.34. The van der Waals surface area contributed by atoms with Crippen molar-refractivity contribution in [1.82, 2.24) is 9.97 Å². The highest BCUT2D eigenvalue weighted by Crippen LogP contribution is 2.37. The second-order valence-corrected chi connectivity index (χ2v) is 6.39. The van der Waals surface area contributed by atoms with Crippen LogP contribution in [0.25, 0.3) is 5.76 Å². The van der Waals surface area contributed by atoms with Gasteiger partial charge in [-0.15, -0.1) is 0 Å². The Kier molecular flexibility index (Phi) is 3.78. The molecule has 0 bridgehead atoms. The molecule has 118 valence electrons. The van der Waals surface area contributed by atoms with Gasteiger partial charge in [0.05, 0.1) is 11.9 Å². The molecule has 0 aliphatic carbocycles. The van der Waals surface area contributed by atoms with Crippen LogP contribution in [0, 0.1) is 0 Å². The van der Waals surface area contributed by atoms with Crippen molar-refractivity contribution in [2.24, 2.45) is 0 Å². The first-order chi connectivity index (χ1) is 11.7. The van der Waals surface area contributed by atoms with E-state index in [0.29, 0.717) is 17.2 Å². The summed E-state index contributed by atoms with van der Waals surface area (Å²) in [6.45, 7) is 0. The van der Waals surface area contributed by atoms with Gasteiger partial charge in [0, 0.05) is 16.0 Å². The maximum Gasteiger partial charge on any atom is 0.258 e. The predicted octanol–water partition coefficient (Wildman–Crippen LogP) is 4.10. The van der Waals surface area contributed by atoms with Crippen LogP contribution in [0.1, 0.15) is 22.6 Å². The van der Waals surface area contributed by atoms with E-state index in [-0.39, 0.29) is 11.5 Å². The molecule has 0 radical (unpaired) electrons. The lowest BCUT2D eigenvalue weighted by atomic mass is 9.89. The fourth-order valence-corrected chi connectivity index (χ4v) is 3.08. The van der Waals surface area contributed by atoms with Crippen molar-refractivity contribution in [3.8, 4) is 5.88 Å². The molecule has 0 saturated heterocycles. The zero-order valence-corrected chi connectivity index (χ0v) is 14.2. The van der Waals surface area contributed by atoms with Crippen LogP contribution >= 0.6 is 15.9 Å². The molecule has 0 saturated carbocycles. The molecule has 1 N–H and O–H groups in total. The molecule has 2 heterocycles. The number of benzene rings is 2. The third kappa shape index (κ3) is 2.67. The number of halogens is 1. The number of fused-ring (bicyclic) bond motifs is 1. The van der Waals surface area contributed by atoms with Crippen LogP contribution in [0.5, 0.6) is 5.88 Å². The first kappa shape index (κ1) is 14.9. The highest BCUT2D eigenvalue weighted by atomic mass is 79.9.